The number of carbonyl (C=O) groups excluding carboxylic acids is 1. The summed E-state index contributed by atoms with van der Waals surface area (Å²) in [5.74, 6) is 0.454. The predicted molar refractivity (Wildman–Crippen MR) is 92.2 cm³/mol. The quantitative estimate of drug-likeness (QED) is 0.849. The lowest BCUT2D eigenvalue weighted by Crippen LogP contribution is -2.42. The van der Waals surface area contributed by atoms with Gasteiger partial charge in [0.05, 0.1) is 13.2 Å². The summed E-state index contributed by atoms with van der Waals surface area (Å²) < 4.78 is 18.1. The molecule has 24 heavy (non-hydrogen) atoms. The average molecular weight is 330 g/mol. The van der Waals surface area contributed by atoms with E-state index in [2.05, 4.69) is 5.32 Å². The lowest BCUT2D eigenvalue weighted by atomic mass is 10.1. The van der Waals surface area contributed by atoms with Gasteiger partial charge in [0, 0.05) is 13.1 Å². The molecule has 128 valence electrons. The van der Waals surface area contributed by atoms with E-state index in [-0.39, 0.29) is 17.8 Å². The van der Waals surface area contributed by atoms with Gasteiger partial charge in [0.2, 0.25) is 5.91 Å². The first kappa shape index (κ1) is 17.9. The van der Waals surface area contributed by atoms with E-state index in [0.717, 1.165) is 16.9 Å². The number of carbonyl (C=O) groups is 1. The van der Waals surface area contributed by atoms with Crippen LogP contribution in [0.4, 0.5) is 4.39 Å². The van der Waals surface area contributed by atoms with Crippen LogP contribution in [-0.2, 0) is 17.9 Å². The molecule has 0 fully saturated rings. The van der Waals surface area contributed by atoms with E-state index in [1.54, 1.807) is 19.2 Å². The molecule has 4 nitrogen and oxygen atoms in total. The number of hydrogen-bond donors (Lipinski definition) is 1. The van der Waals surface area contributed by atoms with Crippen LogP contribution in [0.25, 0.3) is 0 Å². The largest absolute Gasteiger partial charge is 0.497 e. The van der Waals surface area contributed by atoms with Gasteiger partial charge in [-0.3, -0.25) is 9.69 Å². The maximum absolute atomic E-state index is 12.9. The van der Waals surface area contributed by atoms with E-state index in [1.807, 2.05) is 43.1 Å². The van der Waals surface area contributed by atoms with E-state index in [1.165, 1.54) is 12.1 Å². The third-order valence-electron chi connectivity index (χ3n) is 3.99. The van der Waals surface area contributed by atoms with Crippen LogP contribution in [-0.4, -0.2) is 31.0 Å². The summed E-state index contributed by atoms with van der Waals surface area (Å²) in [6, 6.07) is 13.6. The molecule has 0 aliphatic rings. The number of likely N-dealkylation sites (N-methyl/N-ethyl adjacent to an activating group) is 1. The Bertz CT molecular complexity index is 673. The highest BCUT2D eigenvalue weighted by atomic mass is 19.1. The highest BCUT2D eigenvalue weighted by Crippen LogP contribution is 2.15. The van der Waals surface area contributed by atoms with Crippen molar-refractivity contribution >= 4 is 5.91 Å². The number of nitrogens with one attached hydrogen (secondary N) is 1. The number of rotatable bonds is 7. The van der Waals surface area contributed by atoms with E-state index in [0.29, 0.717) is 13.1 Å². The first-order valence-corrected chi connectivity index (χ1v) is 7.85. The third-order valence-corrected chi connectivity index (χ3v) is 3.99. The first-order valence-electron chi connectivity index (χ1n) is 7.85. The van der Waals surface area contributed by atoms with Crippen LogP contribution >= 0.6 is 0 Å². The van der Waals surface area contributed by atoms with Crippen molar-refractivity contribution in [2.45, 2.75) is 26.1 Å². The van der Waals surface area contributed by atoms with E-state index >= 15 is 0 Å². The standard InChI is InChI=1S/C19H23FN2O2/c1-14(19(23)21-12-15-7-9-17(20)10-8-15)22(2)13-16-5-4-6-18(11-16)24-3/h4-11,14H,12-13H2,1-3H3,(H,21,23). The van der Waals surface area contributed by atoms with Crippen LogP contribution in [0.2, 0.25) is 0 Å². The number of halogens is 1. The summed E-state index contributed by atoms with van der Waals surface area (Å²) >= 11 is 0. The Morgan fingerprint density at radius 2 is 1.92 bits per heavy atom. The molecule has 0 spiro atoms. The van der Waals surface area contributed by atoms with Crippen LogP contribution in [0.1, 0.15) is 18.1 Å². The van der Waals surface area contributed by atoms with Gasteiger partial charge in [0.15, 0.2) is 0 Å². The molecule has 0 saturated heterocycles. The topological polar surface area (TPSA) is 41.6 Å². The van der Waals surface area contributed by atoms with Crippen LogP contribution in [0.5, 0.6) is 5.75 Å². The number of benzene rings is 2. The van der Waals surface area contributed by atoms with Gasteiger partial charge in [-0.15, -0.1) is 0 Å². The molecule has 2 rings (SSSR count). The van der Waals surface area contributed by atoms with Crippen LogP contribution in [0.15, 0.2) is 48.5 Å². The van der Waals surface area contributed by atoms with Gasteiger partial charge >= 0.3 is 0 Å². The fourth-order valence-electron chi connectivity index (χ4n) is 2.34. The molecule has 0 aliphatic carbocycles. The normalized spacial score (nSPS) is 12.0. The van der Waals surface area contributed by atoms with Crippen molar-refractivity contribution < 1.29 is 13.9 Å². The monoisotopic (exact) mass is 330 g/mol. The van der Waals surface area contributed by atoms with Crippen molar-refractivity contribution in [3.8, 4) is 5.75 Å². The zero-order valence-electron chi connectivity index (χ0n) is 14.3. The molecule has 0 bridgehead atoms. The van der Waals surface area contributed by atoms with Crippen molar-refractivity contribution in [3.63, 3.8) is 0 Å². The summed E-state index contributed by atoms with van der Waals surface area (Å²) in [6.45, 7) is 2.89. The lowest BCUT2D eigenvalue weighted by molar-refractivity contribution is -0.125. The van der Waals surface area contributed by atoms with E-state index in [4.69, 9.17) is 4.74 Å². The molecule has 1 unspecified atom stereocenters. The predicted octanol–water partition coefficient (Wildman–Crippen LogP) is 2.97. The highest BCUT2D eigenvalue weighted by molar-refractivity contribution is 5.81. The second-order valence-electron chi connectivity index (χ2n) is 5.79. The molecule has 1 N–H and O–H groups in total. The summed E-state index contributed by atoms with van der Waals surface area (Å²) in [5, 5.41) is 2.88. The maximum atomic E-state index is 12.9. The molecular weight excluding hydrogens is 307 g/mol. The Balaban J connectivity index is 1.87. The molecule has 5 heteroatoms. The zero-order valence-corrected chi connectivity index (χ0v) is 14.3. The second-order valence-corrected chi connectivity index (χ2v) is 5.79. The average Bonchev–Trinajstić information content (AvgIpc) is 2.60. The Morgan fingerprint density at radius 3 is 2.58 bits per heavy atom. The van der Waals surface area contributed by atoms with Gasteiger partial charge in [-0.2, -0.15) is 0 Å². The Kier molecular flexibility index (Phi) is 6.32. The Morgan fingerprint density at radius 1 is 1.21 bits per heavy atom. The minimum absolute atomic E-state index is 0.0651. The number of nitrogens with zero attached hydrogens (tertiary/aromatic N) is 1. The molecule has 1 amide bonds. The van der Waals surface area contributed by atoms with E-state index < -0.39 is 0 Å². The fraction of sp³-hybridized carbons (Fsp3) is 0.316. The summed E-state index contributed by atoms with van der Waals surface area (Å²) in [5.41, 5.74) is 1.95. The summed E-state index contributed by atoms with van der Waals surface area (Å²) in [7, 11) is 3.54. The SMILES string of the molecule is COc1cccc(CN(C)C(C)C(=O)NCc2ccc(F)cc2)c1. The van der Waals surface area contributed by atoms with Crippen molar-refractivity contribution in [2.75, 3.05) is 14.2 Å². The number of methoxy groups -OCH3 is 1. The number of amides is 1. The molecule has 1 atom stereocenters. The van der Waals surface area contributed by atoms with Gasteiger partial charge in [-0.25, -0.2) is 4.39 Å². The van der Waals surface area contributed by atoms with Gasteiger partial charge in [0.25, 0.3) is 0 Å². The minimum Gasteiger partial charge on any atom is -0.497 e. The van der Waals surface area contributed by atoms with Crippen molar-refractivity contribution in [1.82, 2.24) is 10.2 Å². The molecule has 0 aromatic heterocycles. The van der Waals surface area contributed by atoms with E-state index in [9.17, 15) is 9.18 Å². The molecule has 2 aromatic carbocycles. The Hall–Kier alpha value is -2.40. The molecule has 0 aliphatic heterocycles. The molecule has 2 aromatic rings. The smallest absolute Gasteiger partial charge is 0.237 e. The lowest BCUT2D eigenvalue weighted by Gasteiger charge is -2.24. The number of ether oxygens (including phenoxy) is 1. The van der Waals surface area contributed by atoms with Crippen molar-refractivity contribution in [2.24, 2.45) is 0 Å². The highest BCUT2D eigenvalue weighted by Gasteiger charge is 2.18. The van der Waals surface area contributed by atoms with Gasteiger partial charge in [-0.05, 0) is 49.4 Å². The minimum atomic E-state index is -0.281. The van der Waals surface area contributed by atoms with Crippen molar-refractivity contribution in [1.29, 1.82) is 0 Å². The number of hydrogen-bond acceptors (Lipinski definition) is 3. The molecule has 0 saturated carbocycles. The van der Waals surface area contributed by atoms with Gasteiger partial charge in [0.1, 0.15) is 11.6 Å². The molecule has 0 radical (unpaired) electrons. The Labute approximate surface area is 142 Å². The third kappa shape index (κ3) is 5.06. The first-order chi connectivity index (χ1) is 11.5. The van der Waals surface area contributed by atoms with Crippen LogP contribution in [0.3, 0.4) is 0 Å². The van der Waals surface area contributed by atoms with Gasteiger partial charge in [-0.1, -0.05) is 24.3 Å². The van der Waals surface area contributed by atoms with Gasteiger partial charge < -0.3 is 10.1 Å². The summed E-state index contributed by atoms with van der Waals surface area (Å²) in [6.07, 6.45) is 0. The van der Waals surface area contributed by atoms with Crippen LogP contribution in [0, 0.1) is 5.82 Å². The fourth-order valence-corrected chi connectivity index (χ4v) is 2.34. The summed E-state index contributed by atoms with van der Waals surface area (Å²) in [4.78, 5) is 14.3. The maximum Gasteiger partial charge on any atom is 0.237 e. The van der Waals surface area contributed by atoms with Crippen LogP contribution < -0.4 is 10.1 Å². The second kappa shape index (κ2) is 8.45. The molecular formula is C19H23FN2O2. The zero-order chi connectivity index (χ0) is 17.5. The molecule has 0 heterocycles. The van der Waals surface area contributed by atoms with Crippen molar-refractivity contribution in [3.05, 3.63) is 65.5 Å².